The number of benzene rings is 1. The largest absolute Gasteiger partial charge is 0.484 e. The van der Waals surface area contributed by atoms with Gasteiger partial charge in [-0.2, -0.15) is 0 Å². The third-order valence-electron chi connectivity index (χ3n) is 3.07. The summed E-state index contributed by atoms with van der Waals surface area (Å²) >= 11 is 0. The summed E-state index contributed by atoms with van der Waals surface area (Å²) in [4.78, 5) is 21.1. The van der Waals surface area contributed by atoms with Gasteiger partial charge >= 0.3 is 5.97 Å². The molecule has 7 heteroatoms. The van der Waals surface area contributed by atoms with E-state index in [4.69, 9.17) is 9.84 Å². The van der Waals surface area contributed by atoms with Gasteiger partial charge in [-0.25, -0.2) is 0 Å². The van der Waals surface area contributed by atoms with Gasteiger partial charge in [0.2, 0.25) is 0 Å². The van der Waals surface area contributed by atoms with E-state index >= 15 is 0 Å². The number of nitro benzene ring substituents is 1. The normalized spacial score (nSPS) is 16.5. The van der Waals surface area contributed by atoms with Gasteiger partial charge in [0.15, 0.2) is 0 Å². The van der Waals surface area contributed by atoms with Gasteiger partial charge < -0.3 is 15.2 Å². The van der Waals surface area contributed by atoms with Crippen molar-refractivity contribution in [2.24, 2.45) is 0 Å². The van der Waals surface area contributed by atoms with E-state index in [0.29, 0.717) is 24.4 Å². The molecule has 1 saturated heterocycles. The van der Waals surface area contributed by atoms with E-state index in [1.54, 1.807) is 13.0 Å². The Hall–Kier alpha value is -2.15. The zero-order valence-electron chi connectivity index (χ0n) is 10.4. The Bertz CT molecular complexity index is 525. The number of ether oxygens (including phenoxy) is 1. The van der Waals surface area contributed by atoms with Crippen LogP contribution in [0.3, 0.4) is 0 Å². The molecule has 0 spiro atoms. The van der Waals surface area contributed by atoms with E-state index in [0.717, 1.165) is 0 Å². The van der Waals surface area contributed by atoms with Crippen LogP contribution < -0.4 is 10.1 Å². The zero-order valence-corrected chi connectivity index (χ0v) is 10.4. The maximum Gasteiger partial charge on any atom is 0.307 e. The fraction of sp³-hybridized carbons (Fsp3) is 0.417. The van der Waals surface area contributed by atoms with E-state index in [2.05, 4.69) is 5.32 Å². The predicted octanol–water partition coefficient (Wildman–Crippen LogP) is 1.10. The van der Waals surface area contributed by atoms with Gasteiger partial charge in [0.1, 0.15) is 11.4 Å². The zero-order chi connectivity index (χ0) is 14.0. The van der Waals surface area contributed by atoms with Gasteiger partial charge in [0.25, 0.3) is 5.69 Å². The summed E-state index contributed by atoms with van der Waals surface area (Å²) in [5.74, 6) is -0.481. The summed E-state index contributed by atoms with van der Waals surface area (Å²) in [5, 5.41) is 22.5. The molecular formula is C12H14N2O5. The number of aliphatic carboxylic acids is 1. The second kappa shape index (κ2) is 4.85. The third kappa shape index (κ3) is 2.82. The molecule has 0 aliphatic carbocycles. The second-order valence-corrected chi connectivity index (χ2v) is 4.66. The Balaban J connectivity index is 2.17. The molecule has 1 heterocycles. The smallest absolute Gasteiger partial charge is 0.307 e. The van der Waals surface area contributed by atoms with E-state index in [-0.39, 0.29) is 12.1 Å². The number of hydrogen-bond acceptors (Lipinski definition) is 5. The van der Waals surface area contributed by atoms with Crippen LogP contribution in [-0.2, 0) is 4.79 Å². The van der Waals surface area contributed by atoms with E-state index < -0.39 is 16.5 Å². The summed E-state index contributed by atoms with van der Waals surface area (Å²) in [7, 11) is 0. The van der Waals surface area contributed by atoms with Crippen LogP contribution in [0.1, 0.15) is 12.0 Å². The lowest BCUT2D eigenvalue weighted by Crippen LogP contribution is -2.64. The molecule has 19 heavy (non-hydrogen) atoms. The van der Waals surface area contributed by atoms with Crippen molar-refractivity contribution >= 4 is 11.7 Å². The first kappa shape index (κ1) is 13.3. The Labute approximate surface area is 109 Å². The summed E-state index contributed by atoms with van der Waals surface area (Å²) in [6.07, 6.45) is -0.101. The van der Waals surface area contributed by atoms with Gasteiger partial charge in [-0.05, 0) is 19.1 Å². The first-order valence-corrected chi connectivity index (χ1v) is 5.78. The number of nitrogens with zero attached hydrogens (tertiary/aromatic N) is 1. The van der Waals surface area contributed by atoms with Crippen LogP contribution in [0.25, 0.3) is 0 Å². The lowest BCUT2D eigenvalue weighted by Gasteiger charge is -2.41. The number of nitro groups is 1. The predicted molar refractivity (Wildman–Crippen MR) is 66.3 cm³/mol. The van der Waals surface area contributed by atoms with Crippen molar-refractivity contribution in [3.05, 3.63) is 33.9 Å². The molecule has 0 amide bonds. The van der Waals surface area contributed by atoms with Gasteiger partial charge in [0, 0.05) is 24.7 Å². The van der Waals surface area contributed by atoms with E-state index in [9.17, 15) is 14.9 Å². The molecule has 0 radical (unpaired) electrons. The third-order valence-corrected chi connectivity index (χ3v) is 3.07. The Kier molecular flexibility index (Phi) is 3.39. The number of carboxylic acid groups (broad SMARTS) is 1. The van der Waals surface area contributed by atoms with Crippen molar-refractivity contribution < 1.29 is 19.6 Å². The van der Waals surface area contributed by atoms with E-state index in [1.165, 1.54) is 12.1 Å². The van der Waals surface area contributed by atoms with Gasteiger partial charge in [0.05, 0.1) is 11.3 Å². The SMILES string of the molecule is Cc1cc(OC2(CC(=O)O)CNC2)ccc1[N+](=O)[O-]. The van der Waals surface area contributed by atoms with Gasteiger partial charge in [-0.3, -0.25) is 14.9 Å². The minimum absolute atomic E-state index is 0.0198. The quantitative estimate of drug-likeness (QED) is 0.611. The molecule has 2 rings (SSSR count). The standard InChI is InChI=1S/C12H14N2O5/c1-8-4-9(2-3-10(8)14(17)18)19-12(5-11(15)16)6-13-7-12/h2-4,13H,5-7H2,1H3,(H,15,16). The average molecular weight is 266 g/mol. The molecule has 102 valence electrons. The van der Waals surface area contributed by atoms with Crippen molar-refractivity contribution in [3.8, 4) is 5.75 Å². The maximum atomic E-state index is 10.8. The summed E-state index contributed by atoms with van der Waals surface area (Å²) in [5.41, 5.74) is -0.249. The molecule has 0 saturated carbocycles. The molecule has 2 N–H and O–H groups in total. The average Bonchev–Trinajstić information content (AvgIpc) is 2.25. The Morgan fingerprint density at radius 1 is 1.58 bits per heavy atom. The fourth-order valence-corrected chi connectivity index (χ4v) is 2.06. The van der Waals surface area contributed by atoms with Crippen LogP contribution in [0.15, 0.2) is 18.2 Å². The topological polar surface area (TPSA) is 102 Å². The molecule has 0 bridgehead atoms. The molecule has 1 aliphatic rings. The highest BCUT2D eigenvalue weighted by atomic mass is 16.6. The molecular weight excluding hydrogens is 252 g/mol. The van der Waals surface area contributed by atoms with Gasteiger partial charge in [-0.1, -0.05) is 0 Å². The van der Waals surface area contributed by atoms with Crippen LogP contribution in [-0.4, -0.2) is 34.7 Å². The summed E-state index contributed by atoms with van der Waals surface area (Å²) < 4.78 is 5.70. The molecule has 1 aromatic carbocycles. The number of carbonyl (C=O) groups is 1. The monoisotopic (exact) mass is 266 g/mol. The number of carboxylic acids is 1. The highest BCUT2D eigenvalue weighted by molar-refractivity contribution is 5.68. The van der Waals surface area contributed by atoms with Gasteiger partial charge in [-0.15, -0.1) is 0 Å². The van der Waals surface area contributed by atoms with Crippen LogP contribution >= 0.6 is 0 Å². The first-order valence-electron chi connectivity index (χ1n) is 5.78. The van der Waals surface area contributed by atoms with Crippen molar-refractivity contribution in [1.29, 1.82) is 0 Å². The molecule has 0 aromatic heterocycles. The first-order chi connectivity index (χ1) is 8.92. The van der Waals surface area contributed by atoms with Crippen molar-refractivity contribution in [1.82, 2.24) is 5.32 Å². The molecule has 1 aliphatic heterocycles. The minimum atomic E-state index is -0.930. The highest BCUT2D eigenvalue weighted by Crippen LogP contribution is 2.29. The lowest BCUT2D eigenvalue weighted by molar-refractivity contribution is -0.385. The van der Waals surface area contributed by atoms with Crippen LogP contribution in [0.4, 0.5) is 5.69 Å². The Morgan fingerprint density at radius 3 is 2.68 bits per heavy atom. The molecule has 0 atom stereocenters. The molecule has 1 fully saturated rings. The van der Waals surface area contributed by atoms with Crippen molar-refractivity contribution in [2.45, 2.75) is 18.9 Å². The number of aryl methyl sites for hydroxylation is 1. The lowest BCUT2D eigenvalue weighted by atomic mass is 9.92. The molecule has 0 unspecified atom stereocenters. The van der Waals surface area contributed by atoms with Crippen LogP contribution in [0.5, 0.6) is 5.75 Å². The minimum Gasteiger partial charge on any atom is -0.484 e. The fourth-order valence-electron chi connectivity index (χ4n) is 2.06. The maximum absolute atomic E-state index is 10.8. The Morgan fingerprint density at radius 2 is 2.26 bits per heavy atom. The van der Waals surface area contributed by atoms with Crippen molar-refractivity contribution in [3.63, 3.8) is 0 Å². The van der Waals surface area contributed by atoms with Crippen molar-refractivity contribution in [2.75, 3.05) is 13.1 Å². The van der Waals surface area contributed by atoms with Crippen LogP contribution in [0, 0.1) is 17.0 Å². The van der Waals surface area contributed by atoms with E-state index in [1.807, 2.05) is 0 Å². The molecule has 1 aromatic rings. The number of rotatable bonds is 5. The summed E-state index contributed by atoms with van der Waals surface area (Å²) in [6, 6.07) is 4.42. The van der Waals surface area contributed by atoms with Crippen LogP contribution in [0.2, 0.25) is 0 Å². The second-order valence-electron chi connectivity index (χ2n) is 4.66. The summed E-state index contributed by atoms with van der Waals surface area (Å²) in [6.45, 7) is 2.53. The number of nitrogens with one attached hydrogen (secondary N) is 1. The molecule has 7 nitrogen and oxygen atoms in total. The number of hydrogen-bond donors (Lipinski definition) is 2. The highest BCUT2D eigenvalue weighted by Gasteiger charge is 2.41.